The van der Waals surface area contributed by atoms with Gasteiger partial charge in [-0.15, -0.1) is 0 Å². The number of benzene rings is 3. The van der Waals surface area contributed by atoms with Crippen LogP contribution in [0.4, 0.5) is 0 Å². The van der Waals surface area contributed by atoms with Gasteiger partial charge in [-0.2, -0.15) is 0 Å². The first-order chi connectivity index (χ1) is 12.1. The van der Waals surface area contributed by atoms with Crippen molar-refractivity contribution < 1.29 is 14.6 Å². The van der Waals surface area contributed by atoms with Crippen molar-refractivity contribution in [2.75, 3.05) is 7.11 Å². The normalized spacial score (nSPS) is 12.1. The van der Waals surface area contributed by atoms with Crippen LogP contribution in [0.15, 0.2) is 60.7 Å². The second-order valence-electron chi connectivity index (χ2n) is 6.01. The number of rotatable bonds is 5. The zero-order chi connectivity index (χ0) is 17.8. The predicted octanol–water partition coefficient (Wildman–Crippen LogP) is 4.18. The molecule has 0 aliphatic heterocycles. The van der Waals surface area contributed by atoms with Gasteiger partial charge in [-0.3, -0.25) is 0 Å². The van der Waals surface area contributed by atoms with Gasteiger partial charge in [0.1, 0.15) is 11.3 Å². The van der Waals surface area contributed by atoms with Crippen LogP contribution in [0.5, 0.6) is 5.75 Å². The second-order valence-corrected chi connectivity index (χ2v) is 6.01. The molecule has 0 spiro atoms. The molecule has 2 N–H and O–H groups in total. The lowest BCUT2D eigenvalue weighted by Crippen LogP contribution is -2.18. The van der Waals surface area contributed by atoms with Gasteiger partial charge in [0.15, 0.2) is 0 Å². The van der Waals surface area contributed by atoms with Crippen LogP contribution in [0, 0.1) is 0 Å². The Morgan fingerprint density at radius 1 is 1.12 bits per heavy atom. The van der Waals surface area contributed by atoms with Gasteiger partial charge in [0.05, 0.1) is 7.11 Å². The Morgan fingerprint density at radius 2 is 1.88 bits per heavy atom. The van der Waals surface area contributed by atoms with Crippen LogP contribution >= 0.6 is 0 Å². The van der Waals surface area contributed by atoms with Gasteiger partial charge < -0.3 is 15.2 Å². The van der Waals surface area contributed by atoms with E-state index in [2.05, 4.69) is 42.6 Å². The fourth-order valence-corrected chi connectivity index (χ4v) is 2.98. The first kappa shape index (κ1) is 17.0. The highest BCUT2D eigenvalue weighted by molar-refractivity contribution is 5.92. The number of nitrogens with one attached hydrogen (secondary N) is 1. The molecule has 3 rings (SSSR count). The van der Waals surface area contributed by atoms with E-state index in [1.807, 2.05) is 12.1 Å². The molecule has 0 radical (unpaired) electrons. The number of methoxy groups -OCH3 is 1. The molecule has 3 aromatic carbocycles. The van der Waals surface area contributed by atoms with Crippen molar-refractivity contribution in [1.82, 2.24) is 5.32 Å². The summed E-state index contributed by atoms with van der Waals surface area (Å²) in [4.78, 5) is 11.7. The van der Waals surface area contributed by atoms with Crippen LogP contribution in [-0.4, -0.2) is 18.2 Å². The Bertz CT molecular complexity index is 899. The number of carbonyl (C=O) groups excluding carboxylic acids is 1. The third-order valence-electron chi connectivity index (χ3n) is 4.37. The van der Waals surface area contributed by atoms with Crippen molar-refractivity contribution in [3.05, 3.63) is 77.4 Å². The minimum absolute atomic E-state index is 0.0716. The van der Waals surface area contributed by atoms with Crippen molar-refractivity contribution in [1.29, 1.82) is 0 Å². The van der Waals surface area contributed by atoms with E-state index in [1.165, 1.54) is 29.5 Å². The minimum Gasteiger partial charge on any atom is -0.507 e. The summed E-state index contributed by atoms with van der Waals surface area (Å²) in [7, 11) is 1.30. The molecule has 25 heavy (non-hydrogen) atoms. The Kier molecular flexibility index (Phi) is 5.00. The van der Waals surface area contributed by atoms with Gasteiger partial charge in [-0.1, -0.05) is 48.5 Å². The molecule has 0 amide bonds. The summed E-state index contributed by atoms with van der Waals surface area (Å²) in [5, 5.41) is 15.7. The smallest absolute Gasteiger partial charge is 0.341 e. The highest BCUT2D eigenvalue weighted by Gasteiger charge is 2.13. The third-order valence-corrected chi connectivity index (χ3v) is 4.37. The number of hydrogen-bond donors (Lipinski definition) is 2. The number of fused-ring (bicyclic) bond motifs is 1. The molecule has 1 atom stereocenters. The van der Waals surface area contributed by atoms with Crippen LogP contribution in [-0.2, 0) is 11.3 Å². The van der Waals surface area contributed by atoms with Crippen molar-refractivity contribution in [2.45, 2.75) is 19.5 Å². The van der Waals surface area contributed by atoms with E-state index in [0.717, 1.165) is 5.56 Å². The molecular formula is C21H21NO3. The SMILES string of the molecule is COC(=O)c1cc(CNC(C)c2cccc3ccccc23)ccc1O. The van der Waals surface area contributed by atoms with E-state index in [0.29, 0.717) is 6.54 Å². The minimum atomic E-state index is -0.540. The van der Waals surface area contributed by atoms with Gasteiger partial charge >= 0.3 is 5.97 Å². The van der Waals surface area contributed by atoms with Crippen LogP contribution in [0.2, 0.25) is 0 Å². The average Bonchev–Trinajstić information content (AvgIpc) is 2.66. The molecule has 1 unspecified atom stereocenters. The molecule has 0 bridgehead atoms. The summed E-state index contributed by atoms with van der Waals surface area (Å²) in [5.74, 6) is -0.612. The maximum Gasteiger partial charge on any atom is 0.341 e. The fourth-order valence-electron chi connectivity index (χ4n) is 2.98. The Hall–Kier alpha value is -2.85. The van der Waals surface area contributed by atoms with E-state index in [4.69, 9.17) is 4.74 Å². The van der Waals surface area contributed by atoms with Crippen molar-refractivity contribution >= 4 is 16.7 Å². The molecule has 0 aliphatic rings. The van der Waals surface area contributed by atoms with E-state index in [9.17, 15) is 9.90 Å². The van der Waals surface area contributed by atoms with Gasteiger partial charge in [-0.05, 0) is 41.0 Å². The lowest BCUT2D eigenvalue weighted by atomic mass is 9.99. The molecule has 0 heterocycles. The molecule has 128 valence electrons. The number of aromatic hydroxyl groups is 1. The maximum absolute atomic E-state index is 11.7. The molecule has 3 aromatic rings. The summed E-state index contributed by atoms with van der Waals surface area (Å²) in [5.41, 5.74) is 2.31. The predicted molar refractivity (Wildman–Crippen MR) is 98.6 cm³/mol. The zero-order valence-electron chi connectivity index (χ0n) is 14.3. The van der Waals surface area contributed by atoms with Crippen LogP contribution in [0.25, 0.3) is 10.8 Å². The topological polar surface area (TPSA) is 58.6 Å². The van der Waals surface area contributed by atoms with Gasteiger partial charge in [0, 0.05) is 12.6 Å². The molecule has 0 fully saturated rings. The van der Waals surface area contributed by atoms with Gasteiger partial charge in [0.2, 0.25) is 0 Å². The van der Waals surface area contributed by atoms with E-state index in [-0.39, 0.29) is 17.4 Å². The van der Waals surface area contributed by atoms with Crippen LogP contribution < -0.4 is 5.32 Å². The second kappa shape index (κ2) is 7.36. The highest BCUT2D eigenvalue weighted by atomic mass is 16.5. The summed E-state index contributed by atoms with van der Waals surface area (Å²) in [6.45, 7) is 2.69. The largest absolute Gasteiger partial charge is 0.507 e. The molecule has 4 heteroatoms. The van der Waals surface area contributed by atoms with Gasteiger partial charge in [-0.25, -0.2) is 4.79 Å². The summed E-state index contributed by atoms with van der Waals surface area (Å²) in [6, 6.07) is 19.7. The Balaban J connectivity index is 1.78. The first-order valence-corrected chi connectivity index (χ1v) is 8.21. The fraction of sp³-hybridized carbons (Fsp3) is 0.190. The zero-order valence-corrected chi connectivity index (χ0v) is 14.3. The van der Waals surface area contributed by atoms with Crippen LogP contribution in [0.1, 0.15) is 34.5 Å². The summed E-state index contributed by atoms with van der Waals surface area (Å²) < 4.78 is 4.70. The van der Waals surface area contributed by atoms with Crippen LogP contribution in [0.3, 0.4) is 0 Å². The highest BCUT2D eigenvalue weighted by Crippen LogP contribution is 2.25. The molecule has 0 saturated carbocycles. The molecule has 0 aliphatic carbocycles. The maximum atomic E-state index is 11.7. The Labute approximate surface area is 147 Å². The lowest BCUT2D eigenvalue weighted by molar-refractivity contribution is 0.0597. The Morgan fingerprint density at radius 3 is 2.68 bits per heavy atom. The number of phenolic OH excluding ortho intramolecular Hbond substituents is 1. The van der Waals surface area contributed by atoms with E-state index < -0.39 is 5.97 Å². The van der Waals surface area contributed by atoms with E-state index in [1.54, 1.807) is 12.1 Å². The first-order valence-electron chi connectivity index (χ1n) is 8.21. The summed E-state index contributed by atoms with van der Waals surface area (Å²) in [6.07, 6.45) is 0. The number of carbonyl (C=O) groups is 1. The van der Waals surface area contributed by atoms with E-state index >= 15 is 0 Å². The van der Waals surface area contributed by atoms with Crippen molar-refractivity contribution in [2.24, 2.45) is 0 Å². The molecule has 0 aromatic heterocycles. The van der Waals surface area contributed by atoms with Gasteiger partial charge in [0.25, 0.3) is 0 Å². The molecular weight excluding hydrogens is 314 g/mol. The van der Waals surface area contributed by atoms with Crippen molar-refractivity contribution in [3.8, 4) is 5.75 Å². The average molecular weight is 335 g/mol. The number of esters is 1. The lowest BCUT2D eigenvalue weighted by Gasteiger charge is -2.17. The van der Waals surface area contributed by atoms with Crippen molar-refractivity contribution in [3.63, 3.8) is 0 Å². The summed E-state index contributed by atoms with van der Waals surface area (Å²) >= 11 is 0. The number of ether oxygens (including phenoxy) is 1. The number of hydrogen-bond acceptors (Lipinski definition) is 4. The standard InChI is InChI=1S/C21H21NO3/c1-14(17-9-5-7-16-6-3-4-8-18(16)17)22-13-15-10-11-20(23)19(12-15)21(24)25-2/h3-12,14,22-23H,13H2,1-2H3. The monoisotopic (exact) mass is 335 g/mol. The molecule has 0 saturated heterocycles. The third kappa shape index (κ3) is 3.64. The number of phenols is 1. The molecule has 4 nitrogen and oxygen atoms in total. The quantitative estimate of drug-likeness (QED) is 0.687.